The van der Waals surface area contributed by atoms with Crippen LogP contribution in [0.4, 0.5) is 0 Å². The van der Waals surface area contributed by atoms with Crippen molar-refractivity contribution in [1.29, 1.82) is 0 Å². The Balaban J connectivity index is 0.000000321. The molecule has 0 fully saturated rings. The van der Waals surface area contributed by atoms with Crippen molar-refractivity contribution in [2.75, 3.05) is 14.2 Å². The van der Waals surface area contributed by atoms with Gasteiger partial charge in [-0.25, -0.2) is 0 Å². The van der Waals surface area contributed by atoms with Gasteiger partial charge in [0, 0.05) is 56.4 Å². The number of nitrogens with zero attached hydrogens (tertiary/aromatic N) is 2. The molecule has 5 heteroatoms. The summed E-state index contributed by atoms with van der Waals surface area (Å²) in [6, 6.07) is 46.7. The molecule has 0 aliphatic carbocycles. The van der Waals surface area contributed by atoms with Crippen molar-refractivity contribution < 1.29 is 46.9 Å². The molecule has 0 atom stereocenters. The molecule has 0 N–H and O–H groups in total. The van der Waals surface area contributed by atoms with E-state index in [0.29, 0.717) is 0 Å². The maximum atomic E-state index is 4.61. The quantitative estimate of drug-likeness (QED) is 0.164. The van der Waals surface area contributed by atoms with Crippen molar-refractivity contribution in [3.63, 3.8) is 0 Å². The molecule has 6 aromatic rings. The van der Waals surface area contributed by atoms with Gasteiger partial charge in [0.1, 0.15) is 0 Å². The van der Waals surface area contributed by atoms with Gasteiger partial charge < -0.3 is 4.74 Å². The first-order valence-corrected chi connectivity index (χ1v) is 12.3. The summed E-state index contributed by atoms with van der Waals surface area (Å²) in [7, 11) is 3.25. The van der Waals surface area contributed by atoms with E-state index in [-0.39, 0.29) is 42.1 Å². The summed E-state index contributed by atoms with van der Waals surface area (Å²) in [4.78, 5) is 9.23. The molecule has 0 amide bonds. The predicted molar refractivity (Wildman–Crippen MR) is 156 cm³/mol. The zero-order chi connectivity index (χ0) is 26.3. The molecule has 4 aromatic carbocycles. The molecular weight excluding hydrogens is 843 g/mol. The molecule has 3 nitrogen and oxygen atoms in total. The van der Waals surface area contributed by atoms with Gasteiger partial charge in [0.25, 0.3) is 0 Å². The Labute approximate surface area is 261 Å². The minimum Gasteiger partial charge on any atom is -0.388 e. The molecule has 6 rings (SSSR count). The number of methoxy groups -OCH3 is 1. The molecule has 0 unspecified atom stereocenters. The summed E-state index contributed by atoms with van der Waals surface area (Å²) < 4.78 is 4.25. The Morgan fingerprint density at radius 1 is 0.487 bits per heavy atom. The first-order valence-electron chi connectivity index (χ1n) is 12.3. The third-order valence-electron chi connectivity index (χ3n) is 5.17. The Kier molecular flexibility index (Phi) is 16.7. The fraction of sp³-hybridized carbons (Fsp3) is 0.118. The van der Waals surface area contributed by atoms with Crippen molar-refractivity contribution in [3.05, 3.63) is 133 Å². The number of benzene rings is 4. The molecule has 0 aliphatic heterocycles. The number of fused-ring (bicyclic) bond motifs is 2. The van der Waals surface area contributed by atoms with Gasteiger partial charge in [0.15, 0.2) is 0 Å². The van der Waals surface area contributed by atoms with Crippen LogP contribution in [0.3, 0.4) is 0 Å². The molecule has 0 radical (unpaired) electrons. The Bertz CT molecular complexity index is 1380. The van der Waals surface area contributed by atoms with Crippen molar-refractivity contribution in [2.24, 2.45) is 0 Å². The molecule has 39 heavy (non-hydrogen) atoms. The molecule has 2 heterocycles. The Hall–Kier alpha value is -2.96. The van der Waals surface area contributed by atoms with E-state index in [9.17, 15) is 0 Å². The maximum Gasteiger partial charge on any atom is 0.0595 e. The monoisotopic (exact) mass is 874 g/mol. The van der Waals surface area contributed by atoms with Gasteiger partial charge >= 0.3 is 0 Å². The van der Waals surface area contributed by atoms with E-state index in [1.807, 2.05) is 111 Å². The standard InChI is InChI=1S/2C15H10N.C2H6O.C2H6.2Pt/c2*1-2-6-12(7-3-1)15-11-10-13-8-4-5-9-14(13)16-15;1-3-2;1-2;;/h2*1-6,8-11H;1-2H3;1-2H3;;/q2*-1;;;;. The molecule has 206 valence electrons. The first kappa shape index (κ1) is 34.1. The number of aromatic nitrogens is 2. The van der Waals surface area contributed by atoms with Gasteiger partial charge in [-0.1, -0.05) is 74.5 Å². The van der Waals surface area contributed by atoms with Gasteiger partial charge in [-0.3, -0.25) is 9.97 Å². The van der Waals surface area contributed by atoms with Crippen molar-refractivity contribution in [3.8, 4) is 22.5 Å². The van der Waals surface area contributed by atoms with E-state index in [4.69, 9.17) is 0 Å². The van der Waals surface area contributed by atoms with Crippen LogP contribution in [0.1, 0.15) is 13.8 Å². The van der Waals surface area contributed by atoms with Crippen LogP contribution in [0.2, 0.25) is 0 Å². The van der Waals surface area contributed by atoms with Crippen LogP contribution in [0.5, 0.6) is 0 Å². The average Bonchev–Trinajstić information content (AvgIpc) is 2.99. The number of hydrogen-bond donors (Lipinski definition) is 0. The summed E-state index contributed by atoms with van der Waals surface area (Å²) in [6.07, 6.45) is 0. The van der Waals surface area contributed by atoms with E-state index >= 15 is 0 Å². The summed E-state index contributed by atoms with van der Waals surface area (Å²) >= 11 is 0. The molecule has 2 aromatic heterocycles. The average molecular weight is 875 g/mol. The van der Waals surface area contributed by atoms with Crippen molar-refractivity contribution in [1.82, 2.24) is 9.97 Å². The first-order chi connectivity index (χ1) is 18.3. The van der Waals surface area contributed by atoms with Crippen LogP contribution in [0.25, 0.3) is 44.3 Å². The topological polar surface area (TPSA) is 35.0 Å². The molecule has 0 saturated heterocycles. The van der Waals surface area contributed by atoms with E-state index in [0.717, 1.165) is 33.5 Å². The van der Waals surface area contributed by atoms with Crippen LogP contribution >= 0.6 is 0 Å². The maximum absolute atomic E-state index is 4.61. The number of pyridine rings is 2. The summed E-state index contributed by atoms with van der Waals surface area (Å²) in [6.45, 7) is 4.00. The Morgan fingerprint density at radius 2 is 0.846 bits per heavy atom. The van der Waals surface area contributed by atoms with E-state index in [2.05, 4.69) is 51.1 Å². The van der Waals surface area contributed by atoms with E-state index in [1.165, 1.54) is 10.8 Å². The number of para-hydroxylation sites is 2. The second kappa shape index (κ2) is 19.2. The van der Waals surface area contributed by atoms with Crippen LogP contribution in [0.15, 0.2) is 121 Å². The summed E-state index contributed by atoms with van der Waals surface area (Å²) in [5, 5.41) is 2.34. The predicted octanol–water partition coefficient (Wildman–Crippen LogP) is 8.69. The van der Waals surface area contributed by atoms with Crippen LogP contribution in [-0.4, -0.2) is 24.2 Å². The van der Waals surface area contributed by atoms with Crippen LogP contribution < -0.4 is 0 Å². The molecule has 0 bridgehead atoms. The third-order valence-corrected chi connectivity index (χ3v) is 5.17. The molecule has 0 saturated carbocycles. The van der Waals surface area contributed by atoms with Gasteiger partial charge in [0.2, 0.25) is 0 Å². The van der Waals surface area contributed by atoms with Crippen LogP contribution in [-0.2, 0) is 46.9 Å². The largest absolute Gasteiger partial charge is 0.388 e. The van der Waals surface area contributed by atoms with Crippen molar-refractivity contribution >= 4 is 21.8 Å². The fourth-order valence-electron chi connectivity index (χ4n) is 3.54. The minimum atomic E-state index is 0. The minimum absolute atomic E-state index is 0. The number of hydrogen-bond acceptors (Lipinski definition) is 3. The van der Waals surface area contributed by atoms with Gasteiger partial charge in [-0.2, -0.15) is 0 Å². The second-order valence-corrected chi connectivity index (χ2v) is 7.74. The zero-order valence-corrected chi connectivity index (χ0v) is 27.0. The third kappa shape index (κ3) is 10.3. The Morgan fingerprint density at radius 3 is 1.21 bits per heavy atom. The molecular formula is C34H32N2OPt2-2. The summed E-state index contributed by atoms with van der Waals surface area (Å²) in [5.41, 5.74) is 6.06. The van der Waals surface area contributed by atoms with E-state index < -0.39 is 0 Å². The normalized spacial score (nSPS) is 9.23. The van der Waals surface area contributed by atoms with Gasteiger partial charge in [-0.15, -0.1) is 71.8 Å². The smallest absolute Gasteiger partial charge is 0.0595 e. The van der Waals surface area contributed by atoms with Gasteiger partial charge in [-0.05, 0) is 34.3 Å². The van der Waals surface area contributed by atoms with Gasteiger partial charge in [0.05, 0.1) is 11.0 Å². The van der Waals surface area contributed by atoms with Crippen LogP contribution in [0, 0.1) is 12.1 Å². The number of ether oxygens (including phenoxy) is 1. The zero-order valence-electron chi connectivity index (χ0n) is 22.5. The van der Waals surface area contributed by atoms with Crippen molar-refractivity contribution in [2.45, 2.75) is 13.8 Å². The fourth-order valence-corrected chi connectivity index (χ4v) is 3.54. The SMILES string of the molecule is CC.COC.[Pt].[Pt].[c-]1ccccc1-c1ccc2ccccc2n1.[c-]1ccccc1-c1ccc2ccccc2n1. The molecule has 0 spiro atoms. The number of rotatable bonds is 2. The summed E-state index contributed by atoms with van der Waals surface area (Å²) in [5.74, 6) is 0. The van der Waals surface area contributed by atoms with E-state index in [1.54, 1.807) is 14.2 Å². The second-order valence-electron chi connectivity index (χ2n) is 7.74. The molecule has 0 aliphatic rings.